The van der Waals surface area contributed by atoms with Crippen LogP contribution in [0.1, 0.15) is 18.9 Å². The Morgan fingerprint density at radius 1 is 0.854 bits per heavy atom. The van der Waals surface area contributed by atoms with Crippen LogP contribution in [0.3, 0.4) is 0 Å². The molecule has 0 aliphatic carbocycles. The van der Waals surface area contributed by atoms with Crippen molar-refractivity contribution in [2.24, 2.45) is 0 Å². The fraction of sp³-hybridized carbons (Fsp3) is 0.556. The second kappa shape index (κ2) is 11.6. The molecule has 2 aromatic heterocycles. The molecule has 10 atom stereocenters. The molecular formula is C18H26N6O15P2. The maximum absolute atomic E-state index is 12.4. The predicted molar refractivity (Wildman–Crippen MR) is 130 cm³/mol. The van der Waals surface area contributed by atoms with E-state index < -0.39 is 88.6 Å². The molecule has 0 saturated carbocycles. The Kier molecular flexibility index (Phi) is 8.84. The van der Waals surface area contributed by atoms with Crippen molar-refractivity contribution < 1.29 is 62.5 Å². The molecule has 2 aliphatic heterocycles. The zero-order valence-electron chi connectivity index (χ0n) is 20.4. The van der Waals surface area contributed by atoms with Gasteiger partial charge in [0, 0.05) is 18.8 Å². The minimum atomic E-state index is -5.67. The van der Waals surface area contributed by atoms with E-state index in [0.29, 0.717) is 0 Å². The van der Waals surface area contributed by atoms with Crippen LogP contribution >= 0.6 is 15.6 Å². The van der Waals surface area contributed by atoms with Crippen molar-refractivity contribution in [2.45, 2.75) is 61.6 Å². The van der Waals surface area contributed by atoms with E-state index in [4.69, 9.17) is 35.3 Å². The molecule has 0 amide bonds. The molecule has 2 aliphatic rings. The van der Waals surface area contributed by atoms with Gasteiger partial charge in [-0.15, -0.1) is 0 Å². The summed E-state index contributed by atoms with van der Waals surface area (Å²) in [6.45, 7) is 0. The van der Waals surface area contributed by atoms with Gasteiger partial charge in [-0.2, -0.15) is 14.3 Å². The number of aromatic nitrogens is 4. The number of ether oxygens (including phenoxy) is 2. The largest absolute Gasteiger partial charge is 0.481 e. The third-order valence-corrected chi connectivity index (χ3v) is 8.39. The third kappa shape index (κ3) is 6.89. The first-order valence-electron chi connectivity index (χ1n) is 11.5. The van der Waals surface area contributed by atoms with Gasteiger partial charge in [-0.1, -0.05) is 0 Å². The number of rotatable bonds is 9. The zero-order chi connectivity index (χ0) is 30.4. The summed E-state index contributed by atoms with van der Waals surface area (Å²) in [5, 5.41) is 42.5. The van der Waals surface area contributed by atoms with Gasteiger partial charge in [0.25, 0.3) is 0 Å². The maximum Gasteiger partial charge on any atom is 0.481 e. The standard InChI is InChI=1S/C18H26N6O15P2/c19-8-1-3-23(17(29)21-8)15-12(27)10(25)6(36-15)5-7(38-41(34,35)39-40(31,32)33)14-11(26)13(28)16(37-14)24-4-2-9(20)22-18(24)30/h1-4,6-7,10-16,25-28H,5H2,(H,34,35)(H2,19,21,29)(H2,20,22,30)(H2,31,32,33)/t6-,7?,10-,11+,12-,13-,14-,15-,16-/m1/s1. The molecule has 21 nitrogen and oxygen atoms in total. The van der Waals surface area contributed by atoms with E-state index in [1.807, 2.05) is 0 Å². The van der Waals surface area contributed by atoms with Gasteiger partial charge in [0.05, 0.1) is 6.10 Å². The Hall–Kier alpha value is -2.62. The van der Waals surface area contributed by atoms with Crippen molar-refractivity contribution in [3.63, 3.8) is 0 Å². The molecule has 0 radical (unpaired) electrons. The fourth-order valence-electron chi connectivity index (χ4n) is 4.41. The first-order chi connectivity index (χ1) is 19.0. The van der Waals surface area contributed by atoms with Crippen LogP contribution in [0, 0.1) is 0 Å². The number of anilines is 2. The monoisotopic (exact) mass is 628 g/mol. The lowest BCUT2D eigenvalue weighted by atomic mass is 9.98. The average Bonchev–Trinajstić information content (AvgIpc) is 3.27. The Morgan fingerprint density at radius 3 is 1.83 bits per heavy atom. The average molecular weight is 628 g/mol. The summed E-state index contributed by atoms with van der Waals surface area (Å²) in [7, 11) is -11.3. The van der Waals surface area contributed by atoms with Crippen molar-refractivity contribution in [3.05, 3.63) is 45.5 Å². The number of hydrogen-bond acceptors (Lipinski definition) is 16. The van der Waals surface area contributed by atoms with Crippen LogP contribution in [0.15, 0.2) is 34.1 Å². The van der Waals surface area contributed by atoms with Gasteiger partial charge in [-0.3, -0.25) is 13.7 Å². The summed E-state index contributed by atoms with van der Waals surface area (Å²) in [5.41, 5.74) is 8.91. The maximum atomic E-state index is 12.4. The van der Waals surface area contributed by atoms with Gasteiger partial charge >= 0.3 is 27.0 Å². The van der Waals surface area contributed by atoms with Crippen LogP contribution in [0.5, 0.6) is 0 Å². The van der Waals surface area contributed by atoms with Crippen molar-refractivity contribution in [1.82, 2.24) is 19.1 Å². The highest BCUT2D eigenvalue weighted by Crippen LogP contribution is 2.59. The lowest BCUT2D eigenvalue weighted by molar-refractivity contribution is -0.107. The summed E-state index contributed by atoms with van der Waals surface area (Å²) in [6, 6.07) is 2.36. The van der Waals surface area contributed by atoms with Crippen LogP contribution in [0.2, 0.25) is 0 Å². The number of nitrogens with zero attached hydrogens (tertiary/aromatic N) is 4. The predicted octanol–water partition coefficient (Wildman–Crippen LogP) is -4.11. The highest BCUT2D eigenvalue weighted by Gasteiger charge is 2.53. The van der Waals surface area contributed by atoms with Crippen LogP contribution in [0.4, 0.5) is 11.6 Å². The number of hydrogen-bond donors (Lipinski definition) is 9. The summed E-state index contributed by atoms with van der Waals surface area (Å²) in [6.07, 6.45) is -14.7. The van der Waals surface area contributed by atoms with E-state index in [-0.39, 0.29) is 11.6 Å². The number of nitrogen functional groups attached to an aromatic ring is 2. The molecule has 2 unspecified atom stereocenters. The summed E-state index contributed by atoms with van der Waals surface area (Å²) in [4.78, 5) is 59.4. The molecule has 4 rings (SSSR count). The molecule has 0 spiro atoms. The Bertz CT molecular complexity index is 1480. The molecular weight excluding hydrogens is 602 g/mol. The summed E-state index contributed by atoms with van der Waals surface area (Å²) in [5.74, 6) is -0.326. The number of aliphatic hydroxyl groups is 4. The Labute approximate surface area is 228 Å². The SMILES string of the molecule is Nc1ccn([C@@H]2O[C@H](C(C[C@H]3O[C@@H](n4ccc(N)nc4=O)[C@H](O)[C@@H]3O)OP(=O)(O)OP(=O)(O)O)[C@@H](O)[C@H]2O)c(=O)n1. The van der Waals surface area contributed by atoms with E-state index in [9.17, 15) is 44.0 Å². The van der Waals surface area contributed by atoms with E-state index >= 15 is 0 Å². The van der Waals surface area contributed by atoms with Gasteiger partial charge in [0.2, 0.25) is 0 Å². The van der Waals surface area contributed by atoms with Gasteiger partial charge in [-0.25, -0.2) is 18.7 Å². The molecule has 11 N–H and O–H groups in total. The van der Waals surface area contributed by atoms with Crippen molar-refractivity contribution in [1.29, 1.82) is 0 Å². The van der Waals surface area contributed by atoms with Crippen LogP contribution in [-0.4, -0.2) is 96.9 Å². The molecule has 23 heteroatoms. The minimum Gasteiger partial charge on any atom is -0.388 e. The molecule has 4 heterocycles. The quantitative estimate of drug-likeness (QED) is 0.119. The fourth-order valence-corrected chi connectivity index (χ4v) is 6.18. The molecule has 2 saturated heterocycles. The van der Waals surface area contributed by atoms with Gasteiger partial charge in [0.15, 0.2) is 12.5 Å². The van der Waals surface area contributed by atoms with Crippen LogP contribution < -0.4 is 22.8 Å². The second-order valence-electron chi connectivity index (χ2n) is 9.02. The van der Waals surface area contributed by atoms with E-state index in [1.54, 1.807) is 0 Å². The third-order valence-electron chi connectivity index (χ3n) is 6.17. The normalized spacial score (nSPS) is 32.6. The lowest BCUT2D eigenvalue weighted by Crippen LogP contribution is -2.43. The molecule has 2 fully saturated rings. The van der Waals surface area contributed by atoms with E-state index in [1.165, 1.54) is 12.1 Å². The van der Waals surface area contributed by atoms with Crippen LogP contribution in [0.25, 0.3) is 0 Å². The number of phosphoric ester groups is 1. The van der Waals surface area contributed by atoms with E-state index in [0.717, 1.165) is 21.5 Å². The van der Waals surface area contributed by atoms with Crippen molar-refractivity contribution in [2.75, 3.05) is 11.5 Å². The second-order valence-corrected chi connectivity index (χ2v) is 11.8. The van der Waals surface area contributed by atoms with Crippen molar-refractivity contribution >= 4 is 27.3 Å². The van der Waals surface area contributed by atoms with Gasteiger partial charge < -0.3 is 56.0 Å². The molecule has 0 aromatic carbocycles. The number of nitrogens with two attached hydrogens (primary N) is 2. The molecule has 2 aromatic rings. The topological polar surface area (TPSA) is 334 Å². The molecule has 0 bridgehead atoms. The number of aliphatic hydroxyl groups excluding tert-OH is 4. The smallest absolute Gasteiger partial charge is 0.388 e. The highest BCUT2D eigenvalue weighted by molar-refractivity contribution is 7.60. The lowest BCUT2D eigenvalue weighted by Gasteiger charge is -2.29. The van der Waals surface area contributed by atoms with Gasteiger partial charge in [-0.05, 0) is 12.1 Å². The summed E-state index contributed by atoms with van der Waals surface area (Å²) >= 11 is 0. The first kappa shape index (κ1) is 31.3. The Balaban J connectivity index is 1.64. The highest BCUT2D eigenvalue weighted by atomic mass is 31.3. The molecule has 41 heavy (non-hydrogen) atoms. The number of phosphoric acid groups is 2. The van der Waals surface area contributed by atoms with Crippen molar-refractivity contribution in [3.8, 4) is 0 Å². The van der Waals surface area contributed by atoms with E-state index in [2.05, 4.69) is 14.3 Å². The summed E-state index contributed by atoms with van der Waals surface area (Å²) < 4.78 is 44.9. The first-order valence-corrected chi connectivity index (χ1v) is 14.5. The van der Waals surface area contributed by atoms with Gasteiger partial charge in [0.1, 0.15) is 48.3 Å². The van der Waals surface area contributed by atoms with Crippen LogP contribution in [-0.2, 0) is 27.4 Å². The molecule has 228 valence electrons. The minimum absolute atomic E-state index is 0.149. The Morgan fingerprint density at radius 2 is 1.34 bits per heavy atom. The zero-order valence-corrected chi connectivity index (χ0v) is 22.2.